The summed E-state index contributed by atoms with van der Waals surface area (Å²) in [7, 11) is 0. The molecule has 0 radical (unpaired) electrons. The number of halogens is 1. The highest BCUT2D eigenvalue weighted by molar-refractivity contribution is 7.98. The van der Waals surface area contributed by atoms with Gasteiger partial charge in [-0.15, -0.1) is 10.2 Å². The second-order valence-corrected chi connectivity index (χ2v) is 5.96. The third kappa shape index (κ3) is 5.06. The lowest BCUT2D eigenvalue weighted by atomic mass is 10.2. The standard InChI is InChI=1S/C14H14ClN5OS/c15-12-3-1-11(2-4-12)9-22-6-5-17-14(21)8-20-10-18-19-13(20)7-16/h1-4,10H,5-6,8-9H2,(H,17,21). The fourth-order valence-electron chi connectivity index (χ4n) is 1.70. The topological polar surface area (TPSA) is 83.6 Å². The zero-order chi connectivity index (χ0) is 15.8. The number of nitriles is 1. The normalized spacial score (nSPS) is 10.2. The van der Waals surface area contributed by atoms with Crippen LogP contribution in [0.5, 0.6) is 0 Å². The van der Waals surface area contributed by atoms with E-state index in [1.54, 1.807) is 11.8 Å². The lowest BCUT2D eigenvalue weighted by Gasteiger charge is -2.06. The number of hydrogen-bond acceptors (Lipinski definition) is 5. The predicted molar refractivity (Wildman–Crippen MR) is 85.4 cm³/mol. The van der Waals surface area contributed by atoms with Crippen LogP contribution in [-0.2, 0) is 17.1 Å². The van der Waals surface area contributed by atoms with E-state index in [0.717, 1.165) is 16.5 Å². The summed E-state index contributed by atoms with van der Waals surface area (Å²) in [6.07, 6.45) is 1.37. The zero-order valence-corrected chi connectivity index (χ0v) is 13.3. The molecule has 1 aromatic carbocycles. The van der Waals surface area contributed by atoms with E-state index in [2.05, 4.69) is 15.5 Å². The molecule has 8 heteroatoms. The lowest BCUT2D eigenvalue weighted by Crippen LogP contribution is -2.29. The summed E-state index contributed by atoms with van der Waals surface area (Å²) in [4.78, 5) is 11.7. The summed E-state index contributed by atoms with van der Waals surface area (Å²) in [5, 5.41) is 19.5. The predicted octanol–water partition coefficient (Wildman–Crippen LogP) is 1.85. The fraction of sp³-hybridized carbons (Fsp3) is 0.286. The Hall–Kier alpha value is -2.04. The number of aromatic nitrogens is 3. The van der Waals surface area contributed by atoms with E-state index in [-0.39, 0.29) is 18.3 Å². The maximum Gasteiger partial charge on any atom is 0.240 e. The van der Waals surface area contributed by atoms with Gasteiger partial charge in [0.25, 0.3) is 0 Å². The smallest absolute Gasteiger partial charge is 0.240 e. The summed E-state index contributed by atoms with van der Waals surface area (Å²) < 4.78 is 1.41. The Bertz CT molecular complexity index is 665. The van der Waals surface area contributed by atoms with Crippen molar-refractivity contribution in [2.75, 3.05) is 12.3 Å². The van der Waals surface area contributed by atoms with Crippen LogP contribution >= 0.6 is 23.4 Å². The monoisotopic (exact) mass is 335 g/mol. The van der Waals surface area contributed by atoms with Crippen LogP contribution in [0, 0.1) is 11.3 Å². The highest BCUT2D eigenvalue weighted by Gasteiger charge is 2.07. The molecule has 1 amide bonds. The first-order valence-corrected chi connectivity index (χ1v) is 8.09. The van der Waals surface area contributed by atoms with Crippen molar-refractivity contribution in [3.8, 4) is 6.07 Å². The third-order valence-electron chi connectivity index (χ3n) is 2.78. The minimum absolute atomic E-state index is 0.0533. The quantitative estimate of drug-likeness (QED) is 0.781. The Kier molecular flexibility index (Phi) is 6.25. The van der Waals surface area contributed by atoms with Crippen molar-refractivity contribution in [3.05, 3.63) is 47.0 Å². The van der Waals surface area contributed by atoms with Crippen LogP contribution in [0.15, 0.2) is 30.6 Å². The second kappa shape index (κ2) is 8.41. The van der Waals surface area contributed by atoms with Crippen molar-refractivity contribution in [2.45, 2.75) is 12.3 Å². The van der Waals surface area contributed by atoms with Gasteiger partial charge in [0.1, 0.15) is 18.9 Å². The Morgan fingerprint density at radius 2 is 2.18 bits per heavy atom. The largest absolute Gasteiger partial charge is 0.354 e. The van der Waals surface area contributed by atoms with E-state index in [1.807, 2.05) is 30.3 Å². The zero-order valence-electron chi connectivity index (χ0n) is 11.7. The Morgan fingerprint density at radius 1 is 1.41 bits per heavy atom. The molecule has 6 nitrogen and oxygen atoms in total. The molecule has 1 aromatic heterocycles. The van der Waals surface area contributed by atoms with Gasteiger partial charge in [0.05, 0.1) is 0 Å². The van der Waals surface area contributed by atoms with Crippen molar-refractivity contribution in [2.24, 2.45) is 0 Å². The number of amides is 1. The molecule has 0 aliphatic carbocycles. The molecule has 0 aliphatic heterocycles. The molecular formula is C14H14ClN5OS. The van der Waals surface area contributed by atoms with E-state index in [9.17, 15) is 4.79 Å². The summed E-state index contributed by atoms with van der Waals surface area (Å²) in [6, 6.07) is 9.59. The first-order valence-electron chi connectivity index (χ1n) is 6.56. The fourth-order valence-corrected chi connectivity index (χ4v) is 2.65. The second-order valence-electron chi connectivity index (χ2n) is 4.42. The molecule has 1 heterocycles. The number of hydrogen-bond donors (Lipinski definition) is 1. The molecule has 2 rings (SSSR count). The number of benzene rings is 1. The van der Waals surface area contributed by atoms with Gasteiger partial charge in [-0.25, -0.2) is 0 Å². The van der Waals surface area contributed by atoms with Crippen LogP contribution in [0.3, 0.4) is 0 Å². The number of nitrogens with one attached hydrogen (secondary N) is 1. The van der Waals surface area contributed by atoms with E-state index < -0.39 is 0 Å². The van der Waals surface area contributed by atoms with Crippen LogP contribution < -0.4 is 5.32 Å². The Morgan fingerprint density at radius 3 is 2.91 bits per heavy atom. The first-order chi connectivity index (χ1) is 10.7. The van der Waals surface area contributed by atoms with Gasteiger partial charge >= 0.3 is 0 Å². The highest BCUT2D eigenvalue weighted by Crippen LogP contribution is 2.14. The molecule has 0 unspecified atom stereocenters. The molecule has 0 spiro atoms. The van der Waals surface area contributed by atoms with Crippen LogP contribution in [0.2, 0.25) is 5.02 Å². The van der Waals surface area contributed by atoms with Crippen molar-refractivity contribution in [3.63, 3.8) is 0 Å². The highest BCUT2D eigenvalue weighted by atomic mass is 35.5. The summed E-state index contributed by atoms with van der Waals surface area (Å²) in [6.45, 7) is 0.624. The van der Waals surface area contributed by atoms with Gasteiger partial charge in [0.2, 0.25) is 11.7 Å². The maximum atomic E-state index is 11.7. The van der Waals surface area contributed by atoms with Crippen molar-refractivity contribution >= 4 is 29.3 Å². The van der Waals surface area contributed by atoms with Gasteiger partial charge in [-0.2, -0.15) is 17.0 Å². The van der Waals surface area contributed by atoms with Crippen molar-refractivity contribution in [1.29, 1.82) is 5.26 Å². The minimum Gasteiger partial charge on any atom is -0.354 e. The van der Waals surface area contributed by atoms with Gasteiger partial charge in [0.15, 0.2) is 0 Å². The van der Waals surface area contributed by atoms with Crippen molar-refractivity contribution in [1.82, 2.24) is 20.1 Å². The van der Waals surface area contributed by atoms with Gasteiger partial charge in [-0.05, 0) is 17.7 Å². The summed E-state index contributed by atoms with van der Waals surface area (Å²) in [5.41, 5.74) is 1.20. The van der Waals surface area contributed by atoms with Gasteiger partial charge in [0, 0.05) is 23.1 Å². The number of carbonyl (C=O) groups is 1. The summed E-state index contributed by atoms with van der Waals surface area (Å²) >= 11 is 7.55. The maximum absolute atomic E-state index is 11.7. The number of thioether (sulfide) groups is 1. The average Bonchev–Trinajstić information content (AvgIpc) is 2.96. The molecule has 22 heavy (non-hydrogen) atoms. The van der Waals surface area contributed by atoms with E-state index in [4.69, 9.17) is 16.9 Å². The van der Waals surface area contributed by atoms with Gasteiger partial charge in [-0.1, -0.05) is 23.7 Å². The molecule has 0 bridgehead atoms. The molecule has 1 N–H and O–H groups in total. The molecule has 2 aromatic rings. The van der Waals surface area contributed by atoms with Crippen molar-refractivity contribution < 1.29 is 4.79 Å². The van der Waals surface area contributed by atoms with E-state index in [0.29, 0.717) is 6.54 Å². The van der Waals surface area contributed by atoms with Crippen LogP contribution in [0.1, 0.15) is 11.4 Å². The molecule has 0 saturated carbocycles. The number of rotatable bonds is 7. The third-order valence-corrected chi connectivity index (χ3v) is 4.06. The van der Waals surface area contributed by atoms with E-state index >= 15 is 0 Å². The number of nitrogens with zero attached hydrogens (tertiary/aromatic N) is 4. The molecule has 0 atom stereocenters. The van der Waals surface area contributed by atoms with Gasteiger partial charge in [-0.3, -0.25) is 9.36 Å². The summed E-state index contributed by atoms with van der Waals surface area (Å²) in [5.74, 6) is 1.65. The first kappa shape index (κ1) is 16.3. The van der Waals surface area contributed by atoms with E-state index in [1.165, 1.54) is 16.5 Å². The average molecular weight is 336 g/mol. The molecule has 0 fully saturated rings. The SMILES string of the molecule is N#Cc1nncn1CC(=O)NCCSCc1ccc(Cl)cc1. The minimum atomic E-state index is -0.164. The lowest BCUT2D eigenvalue weighted by molar-refractivity contribution is -0.121. The molecular weight excluding hydrogens is 322 g/mol. The van der Waals surface area contributed by atoms with Crippen LogP contribution in [0.4, 0.5) is 0 Å². The van der Waals surface area contributed by atoms with Gasteiger partial charge < -0.3 is 5.32 Å². The molecule has 0 saturated heterocycles. The Balaban J connectivity index is 1.63. The molecule has 114 valence electrons. The van der Waals surface area contributed by atoms with Crippen LogP contribution in [0.25, 0.3) is 0 Å². The van der Waals surface area contributed by atoms with Crippen LogP contribution in [-0.4, -0.2) is 33.0 Å². The number of carbonyl (C=O) groups excluding carboxylic acids is 1. The molecule has 0 aliphatic rings. The Labute approximate surface area is 137 Å².